The third-order valence-corrected chi connectivity index (χ3v) is 5.74. The standard InChI is InChI=1S/C17H22FN3S.ClH/c18-13-3-4-15-16(9-13)22-17(20-15)11-21-7-5-14(6-8-21)19-10-12-1-2-12;/h3-4,9,12,14,19H,1-2,5-8,10-11H2;1H. The third kappa shape index (κ3) is 4.41. The topological polar surface area (TPSA) is 28.2 Å². The van der Waals surface area contributed by atoms with Crippen LogP contribution in [-0.4, -0.2) is 35.6 Å². The first-order valence-corrected chi connectivity index (χ1v) is 9.08. The Kier molecular flexibility index (Phi) is 5.52. The molecule has 0 amide bonds. The SMILES string of the molecule is Cl.Fc1ccc2nc(CN3CCC(NCC4CC4)CC3)sc2c1. The van der Waals surface area contributed by atoms with Crippen molar-refractivity contribution in [1.29, 1.82) is 0 Å². The molecule has 6 heteroatoms. The molecule has 0 atom stereocenters. The quantitative estimate of drug-likeness (QED) is 0.883. The highest BCUT2D eigenvalue weighted by molar-refractivity contribution is 7.18. The molecule has 23 heavy (non-hydrogen) atoms. The van der Waals surface area contributed by atoms with Gasteiger partial charge in [0.15, 0.2) is 0 Å². The zero-order chi connectivity index (χ0) is 14.9. The number of hydrogen-bond donors (Lipinski definition) is 1. The van der Waals surface area contributed by atoms with Crippen molar-refractivity contribution < 1.29 is 4.39 Å². The molecule has 2 fully saturated rings. The first-order valence-electron chi connectivity index (χ1n) is 8.27. The molecule has 1 saturated carbocycles. The van der Waals surface area contributed by atoms with Crippen molar-refractivity contribution in [2.75, 3.05) is 19.6 Å². The predicted molar refractivity (Wildman–Crippen MR) is 95.9 cm³/mol. The van der Waals surface area contributed by atoms with E-state index < -0.39 is 0 Å². The number of thiazole rings is 1. The van der Waals surface area contributed by atoms with Crippen LogP contribution in [0.1, 0.15) is 30.7 Å². The summed E-state index contributed by atoms with van der Waals surface area (Å²) in [6.07, 6.45) is 5.30. The third-order valence-electron chi connectivity index (χ3n) is 4.73. The van der Waals surface area contributed by atoms with Gasteiger partial charge in [-0.15, -0.1) is 23.7 Å². The normalized spacial score (nSPS) is 19.9. The van der Waals surface area contributed by atoms with E-state index in [9.17, 15) is 4.39 Å². The highest BCUT2D eigenvalue weighted by Gasteiger charge is 2.24. The molecule has 2 aliphatic rings. The van der Waals surface area contributed by atoms with E-state index in [1.807, 2.05) is 0 Å². The minimum absolute atomic E-state index is 0. The summed E-state index contributed by atoms with van der Waals surface area (Å²) in [6, 6.07) is 5.55. The summed E-state index contributed by atoms with van der Waals surface area (Å²) < 4.78 is 14.2. The van der Waals surface area contributed by atoms with E-state index in [0.29, 0.717) is 6.04 Å². The van der Waals surface area contributed by atoms with E-state index in [0.717, 1.165) is 40.8 Å². The van der Waals surface area contributed by atoms with Gasteiger partial charge in [-0.2, -0.15) is 0 Å². The van der Waals surface area contributed by atoms with Gasteiger partial charge in [0, 0.05) is 19.1 Å². The molecular formula is C17H23ClFN3S. The number of fused-ring (bicyclic) bond motifs is 1. The minimum Gasteiger partial charge on any atom is -0.314 e. The number of nitrogens with one attached hydrogen (secondary N) is 1. The van der Waals surface area contributed by atoms with Crippen LogP contribution in [0.3, 0.4) is 0 Å². The highest BCUT2D eigenvalue weighted by atomic mass is 35.5. The molecule has 4 rings (SSSR count). The number of nitrogens with zero attached hydrogens (tertiary/aromatic N) is 2. The van der Waals surface area contributed by atoms with Gasteiger partial charge in [-0.3, -0.25) is 4.90 Å². The monoisotopic (exact) mass is 355 g/mol. The lowest BCUT2D eigenvalue weighted by atomic mass is 10.0. The Labute approximate surface area is 146 Å². The smallest absolute Gasteiger partial charge is 0.124 e. The maximum atomic E-state index is 13.2. The summed E-state index contributed by atoms with van der Waals surface area (Å²) >= 11 is 1.62. The fourth-order valence-electron chi connectivity index (χ4n) is 3.16. The molecule has 1 aromatic carbocycles. The average Bonchev–Trinajstić information content (AvgIpc) is 3.26. The van der Waals surface area contributed by atoms with E-state index >= 15 is 0 Å². The summed E-state index contributed by atoms with van der Waals surface area (Å²) in [6.45, 7) is 4.38. The lowest BCUT2D eigenvalue weighted by molar-refractivity contribution is 0.190. The number of likely N-dealkylation sites (tertiary alicyclic amines) is 1. The Hall–Kier alpha value is -0.750. The van der Waals surface area contributed by atoms with E-state index in [2.05, 4.69) is 15.2 Å². The Morgan fingerprint density at radius 1 is 1.22 bits per heavy atom. The number of rotatable bonds is 5. The molecule has 3 nitrogen and oxygen atoms in total. The Morgan fingerprint density at radius 2 is 2.00 bits per heavy atom. The van der Waals surface area contributed by atoms with Crippen LogP contribution in [0.4, 0.5) is 4.39 Å². The van der Waals surface area contributed by atoms with E-state index in [1.165, 1.54) is 38.3 Å². The van der Waals surface area contributed by atoms with Crippen molar-refractivity contribution in [3.05, 3.63) is 29.0 Å². The fraction of sp³-hybridized carbons (Fsp3) is 0.588. The first kappa shape index (κ1) is 17.1. The number of piperidine rings is 1. The van der Waals surface area contributed by atoms with Gasteiger partial charge in [0.25, 0.3) is 0 Å². The van der Waals surface area contributed by atoms with Gasteiger partial charge in [-0.1, -0.05) is 0 Å². The molecule has 126 valence electrons. The highest BCUT2D eigenvalue weighted by Crippen LogP contribution is 2.28. The van der Waals surface area contributed by atoms with Gasteiger partial charge in [0.1, 0.15) is 10.8 Å². The summed E-state index contributed by atoms with van der Waals surface area (Å²) in [5.41, 5.74) is 0.919. The molecular weight excluding hydrogens is 333 g/mol. The molecule has 0 radical (unpaired) electrons. The van der Waals surface area contributed by atoms with E-state index in [1.54, 1.807) is 23.5 Å². The Morgan fingerprint density at radius 3 is 2.74 bits per heavy atom. The zero-order valence-electron chi connectivity index (χ0n) is 13.1. The summed E-state index contributed by atoms with van der Waals surface area (Å²) in [5.74, 6) is 0.784. The van der Waals surface area contributed by atoms with Crippen LogP contribution >= 0.6 is 23.7 Å². The molecule has 0 spiro atoms. The van der Waals surface area contributed by atoms with Crippen molar-refractivity contribution in [2.24, 2.45) is 5.92 Å². The molecule has 1 aliphatic carbocycles. The van der Waals surface area contributed by atoms with Crippen LogP contribution in [0.5, 0.6) is 0 Å². The van der Waals surface area contributed by atoms with Gasteiger partial charge in [0.05, 0.1) is 16.8 Å². The maximum absolute atomic E-state index is 13.2. The van der Waals surface area contributed by atoms with Gasteiger partial charge in [-0.05, 0) is 56.3 Å². The Bertz CT molecular complexity index is 650. The number of benzene rings is 1. The van der Waals surface area contributed by atoms with E-state index in [-0.39, 0.29) is 18.2 Å². The largest absolute Gasteiger partial charge is 0.314 e. The van der Waals surface area contributed by atoms with Gasteiger partial charge in [0.2, 0.25) is 0 Å². The number of halogens is 2. The van der Waals surface area contributed by atoms with Crippen LogP contribution in [-0.2, 0) is 6.54 Å². The number of hydrogen-bond acceptors (Lipinski definition) is 4. The van der Waals surface area contributed by atoms with Crippen LogP contribution in [0, 0.1) is 11.7 Å². The van der Waals surface area contributed by atoms with Crippen molar-refractivity contribution in [3.63, 3.8) is 0 Å². The average molecular weight is 356 g/mol. The molecule has 0 bridgehead atoms. The molecule has 2 heterocycles. The van der Waals surface area contributed by atoms with Crippen LogP contribution in [0.25, 0.3) is 10.2 Å². The van der Waals surface area contributed by atoms with Crippen molar-refractivity contribution >= 4 is 34.0 Å². The molecule has 0 unspecified atom stereocenters. The second kappa shape index (κ2) is 7.43. The fourth-order valence-corrected chi connectivity index (χ4v) is 4.19. The van der Waals surface area contributed by atoms with Gasteiger partial charge in [-0.25, -0.2) is 9.37 Å². The predicted octanol–water partition coefficient (Wildman–Crippen LogP) is 3.82. The van der Waals surface area contributed by atoms with Crippen molar-refractivity contribution in [2.45, 2.75) is 38.3 Å². The second-order valence-corrected chi connectivity index (χ2v) is 7.74. The zero-order valence-corrected chi connectivity index (χ0v) is 14.8. The lowest BCUT2D eigenvalue weighted by Gasteiger charge is -2.31. The Balaban J connectivity index is 0.00000156. The second-order valence-electron chi connectivity index (χ2n) is 6.62. The van der Waals surface area contributed by atoms with Crippen LogP contribution in [0.2, 0.25) is 0 Å². The lowest BCUT2D eigenvalue weighted by Crippen LogP contribution is -2.42. The molecule has 1 N–H and O–H groups in total. The van der Waals surface area contributed by atoms with Crippen molar-refractivity contribution in [3.8, 4) is 0 Å². The summed E-state index contributed by atoms with van der Waals surface area (Å²) in [7, 11) is 0. The minimum atomic E-state index is -0.176. The van der Waals surface area contributed by atoms with Gasteiger partial charge >= 0.3 is 0 Å². The van der Waals surface area contributed by atoms with E-state index in [4.69, 9.17) is 0 Å². The summed E-state index contributed by atoms with van der Waals surface area (Å²) in [5, 5.41) is 4.82. The van der Waals surface area contributed by atoms with Crippen molar-refractivity contribution in [1.82, 2.24) is 15.2 Å². The number of aromatic nitrogens is 1. The van der Waals surface area contributed by atoms with Crippen LogP contribution in [0.15, 0.2) is 18.2 Å². The molecule has 1 saturated heterocycles. The molecule has 2 aromatic rings. The molecule has 1 aliphatic heterocycles. The molecule has 1 aromatic heterocycles. The first-order chi connectivity index (χ1) is 10.8. The van der Waals surface area contributed by atoms with Gasteiger partial charge < -0.3 is 5.32 Å². The summed E-state index contributed by atoms with van der Waals surface area (Å²) in [4.78, 5) is 7.10. The van der Waals surface area contributed by atoms with Crippen LogP contribution < -0.4 is 5.32 Å². The maximum Gasteiger partial charge on any atom is 0.124 e.